The lowest BCUT2D eigenvalue weighted by Gasteiger charge is -2.19. The number of rotatable bonds is 68. The van der Waals surface area contributed by atoms with Crippen molar-refractivity contribution in [2.24, 2.45) is 0 Å². The summed E-state index contributed by atoms with van der Waals surface area (Å²) in [5.74, 6) is -2.42. The van der Waals surface area contributed by atoms with Gasteiger partial charge in [0.05, 0.1) is 289 Å². The number of carboxylic acids is 2. The summed E-state index contributed by atoms with van der Waals surface area (Å²) in [5.41, 5.74) is 0.495. The first-order valence-electron chi connectivity index (χ1n) is 27.9. The molecule has 0 aliphatic rings. The molecule has 482 valence electrons. The maximum atomic E-state index is 12.4. The quantitative estimate of drug-likeness (QED) is 0.0885. The minimum absolute atomic E-state index is 0.0488. The van der Waals surface area contributed by atoms with Gasteiger partial charge in [-0.15, -0.1) is 0 Å². The molecule has 0 radical (unpaired) electrons. The Kier molecular flexibility index (Phi) is 59.5. The molecule has 0 unspecified atom stereocenters. The van der Waals surface area contributed by atoms with E-state index in [4.69, 9.17) is 104 Å². The summed E-state index contributed by atoms with van der Waals surface area (Å²) in [6, 6.07) is 0. The third-order valence-corrected chi connectivity index (χ3v) is 12.3. The van der Waals surface area contributed by atoms with E-state index in [1.54, 1.807) is 14.2 Å². The standard InChI is InChI=1S/C54H96Br2O26/c1-61-7-9-65-15-17-69-23-25-73-31-33-77-39-41-81-45-43-79-37-35-75-29-27-71-21-19-67-13-11-63-5-3-47-49(53(57)58)52(56)48(50(51(47)55)54(59)60)4-6-64-12-14-68-20-22-72-28-30-76-36-38-80-44-46-82-42-40-78-34-32-74-26-24-70-18-16-66-10-8-62-2/h3-46H2,1-2H3,(H,57,58)(H,59,60). The van der Waals surface area contributed by atoms with Crippen molar-refractivity contribution in [3.8, 4) is 0 Å². The van der Waals surface area contributed by atoms with Crippen LogP contribution in [0.15, 0.2) is 8.95 Å². The highest BCUT2D eigenvalue weighted by Crippen LogP contribution is 2.37. The highest BCUT2D eigenvalue weighted by molar-refractivity contribution is 9.11. The highest BCUT2D eigenvalue weighted by Gasteiger charge is 2.28. The average Bonchev–Trinajstić information content (AvgIpc) is 3.56. The van der Waals surface area contributed by atoms with Gasteiger partial charge in [0.1, 0.15) is 0 Å². The maximum absolute atomic E-state index is 12.4. The summed E-state index contributed by atoms with van der Waals surface area (Å²) >= 11 is 6.76. The fourth-order valence-corrected chi connectivity index (χ4v) is 8.11. The molecule has 1 aromatic rings. The van der Waals surface area contributed by atoms with Crippen molar-refractivity contribution in [2.45, 2.75) is 12.8 Å². The number of carboxylic acid groups (broad SMARTS) is 2. The Hall–Kier alpha value is -1.76. The van der Waals surface area contributed by atoms with Crippen molar-refractivity contribution in [3.05, 3.63) is 31.2 Å². The molecule has 0 aromatic heterocycles. The number of hydrogen-bond donors (Lipinski definition) is 2. The first-order valence-corrected chi connectivity index (χ1v) is 29.5. The molecule has 0 atom stereocenters. The van der Waals surface area contributed by atoms with Crippen LogP contribution in [-0.4, -0.2) is 314 Å². The lowest BCUT2D eigenvalue weighted by Crippen LogP contribution is -2.17. The van der Waals surface area contributed by atoms with Gasteiger partial charge in [0.15, 0.2) is 0 Å². The molecule has 0 aliphatic carbocycles. The SMILES string of the molecule is COCCOCCOCCOCCOCCOCCOCCOCCOCCOCCOCCc1c(Br)c(C(=O)O)c(CCOCCOCCOCCOCCOCCOCCOCCOCCOCCOCCOC)c(Br)c1C(=O)O. The Labute approximate surface area is 501 Å². The lowest BCUT2D eigenvalue weighted by atomic mass is 9.95. The molecule has 82 heavy (non-hydrogen) atoms. The highest BCUT2D eigenvalue weighted by atomic mass is 79.9. The van der Waals surface area contributed by atoms with Crippen LogP contribution in [0.3, 0.4) is 0 Å². The number of ether oxygens (including phenoxy) is 22. The summed E-state index contributed by atoms with van der Waals surface area (Å²) in [5, 5.41) is 20.3. The number of benzene rings is 1. The van der Waals surface area contributed by atoms with Gasteiger partial charge in [0.25, 0.3) is 0 Å². The van der Waals surface area contributed by atoms with Gasteiger partial charge in [-0.2, -0.15) is 0 Å². The van der Waals surface area contributed by atoms with Crippen molar-refractivity contribution < 1.29 is 124 Å². The van der Waals surface area contributed by atoms with E-state index in [1.807, 2.05) is 0 Å². The lowest BCUT2D eigenvalue weighted by molar-refractivity contribution is -0.0270. The Bertz CT molecular complexity index is 1460. The number of methoxy groups -OCH3 is 2. The number of aromatic carboxylic acids is 2. The second kappa shape index (κ2) is 62.3. The van der Waals surface area contributed by atoms with Gasteiger partial charge in [-0.05, 0) is 55.8 Å². The van der Waals surface area contributed by atoms with E-state index in [1.165, 1.54) is 0 Å². The van der Waals surface area contributed by atoms with Crippen LogP contribution in [0.4, 0.5) is 0 Å². The van der Waals surface area contributed by atoms with E-state index in [9.17, 15) is 19.8 Å². The summed E-state index contributed by atoms with van der Waals surface area (Å²) < 4.78 is 120. The van der Waals surface area contributed by atoms with Crippen molar-refractivity contribution in [2.75, 3.05) is 292 Å². The first-order chi connectivity index (χ1) is 40.4. The van der Waals surface area contributed by atoms with Crippen LogP contribution >= 0.6 is 31.9 Å². The Morgan fingerprint density at radius 3 is 0.488 bits per heavy atom. The fraction of sp³-hybridized carbons (Fsp3) is 0.852. The molecular weight excluding hydrogens is 1220 g/mol. The van der Waals surface area contributed by atoms with Crippen LogP contribution < -0.4 is 0 Å². The van der Waals surface area contributed by atoms with E-state index in [-0.39, 0.29) is 72.6 Å². The average molecular weight is 1320 g/mol. The number of halogens is 2. The smallest absolute Gasteiger partial charge is 0.337 e. The molecule has 0 fully saturated rings. The van der Waals surface area contributed by atoms with Crippen LogP contribution in [0.1, 0.15) is 31.8 Å². The van der Waals surface area contributed by atoms with Crippen LogP contribution in [0, 0.1) is 0 Å². The molecule has 0 saturated carbocycles. The molecule has 1 rings (SSSR count). The Balaban J connectivity index is 2.00. The van der Waals surface area contributed by atoms with Gasteiger partial charge >= 0.3 is 11.9 Å². The van der Waals surface area contributed by atoms with Crippen molar-refractivity contribution in [1.82, 2.24) is 0 Å². The van der Waals surface area contributed by atoms with E-state index in [2.05, 4.69) is 31.9 Å². The summed E-state index contributed by atoms with van der Waals surface area (Å²) in [7, 11) is 3.27. The van der Waals surface area contributed by atoms with Crippen LogP contribution in [0.25, 0.3) is 0 Å². The zero-order valence-electron chi connectivity index (χ0n) is 48.6. The van der Waals surface area contributed by atoms with Gasteiger partial charge in [-0.25, -0.2) is 9.59 Å². The minimum Gasteiger partial charge on any atom is -0.478 e. The second-order valence-electron chi connectivity index (χ2n) is 16.7. The Morgan fingerprint density at radius 1 is 0.244 bits per heavy atom. The van der Waals surface area contributed by atoms with Crippen LogP contribution in [-0.2, 0) is 117 Å². The molecule has 0 saturated heterocycles. The molecule has 1 aromatic carbocycles. The van der Waals surface area contributed by atoms with E-state index in [0.717, 1.165) is 0 Å². The molecule has 0 heterocycles. The third kappa shape index (κ3) is 48.4. The minimum atomic E-state index is -1.21. The second-order valence-corrected chi connectivity index (χ2v) is 18.3. The zero-order chi connectivity index (χ0) is 59.3. The molecule has 26 nitrogen and oxygen atoms in total. The van der Waals surface area contributed by atoms with Crippen LogP contribution in [0.2, 0.25) is 0 Å². The summed E-state index contributed by atoms with van der Waals surface area (Å²) in [4.78, 5) is 24.9. The maximum Gasteiger partial charge on any atom is 0.337 e. The zero-order valence-corrected chi connectivity index (χ0v) is 51.7. The topological polar surface area (TPSA) is 278 Å². The van der Waals surface area contributed by atoms with Gasteiger partial charge < -0.3 is 114 Å². The van der Waals surface area contributed by atoms with E-state index < -0.39 is 11.9 Å². The molecular formula is C54H96Br2O26. The van der Waals surface area contributed by atoms with E-state index >= 15 is 0 Å². The predicted molar refractivity (Wildman–Crippen MR) is 303 cm³/mol. The summed E-state index contributed by atoms with van der Waals surface area (Å²) in [6.07, 6.45) is 0.280. The van der Waals surface area contributed by atoms with Crippen molar-refractivity contribution >= 4 is 43.8 Å². The van der Waals surface area contributed by atoms with Crippen molar-refractivity contribution in [3.63, 3.8) is 0 Å². The predicted octanol–water partition coefficient (Wildman–Crippen LogP) is 3.32. The van der Waals surface area contributed by atoms with E-state index in [0.29, 0.717) is 249 Å². The third-order valence-electron chi connectivity index (χ3n) is 10.6. The van der Waals surface area contributed by atoms with Gasteiger partial charge in [0.2, 0.25) is 0 Å². The molecule has 0 aliphatic heterocycles. The molecule has 0 bridgehead atoms. The fourth-order valence-electron chi connectivity index (χ4n) is 6.50. The monoisotopic (exact) mass is 1320 g/mol. The number of hydrogen-bond acceptors (Lipinski definition) is 24. The van der Waals surface area contributed by atoms with Gasteiger partial charge in [-0.1, -0.05) is 0 Å². The van der Waals surface area contributed by atoms with Crippen molar-refractivity contribution in [1.29, 1.82) is 0 Å². The van der Waals surface area contributed by atoms with Gasteiger partial charge in [0, 0.05) is 23.2 Å². The normalized spacial score (nSPS) is 11.7. The summed E-state index contributed by atoms with van der Waals surface area (Å²) in [6.45, 7) is 18.2. The molecule has 0 spiro atoms. The molecule has 0 amide bonds. The van der Waals surface area contributed by atoms with Crippen LogP contribution in [0.5, 0.6) is 0 Å². The largest absolute Gasteiger partial charge is 0.478 e. The Morgan fingerprint density at radius 2 is 0.366 bits per heavy atom. The molecule has 2 N–H and O–H groups in total. The van der Waals surface area contributed by atoms with Gasteiger partial charge in [-0.3, -0.25) is 0 Å². The first kappa shape index (κ1) is 78.3. The number of carbonyl (C=O) groups is 2. The molecule has 28 heteroatoms.